The van der Waals surface area contributed by atoms with Gasteiger partial charge in [0.1, 0.15) is 5.75 Å². The minimum atomic E-state index is 0.157. The number of fused-ring (bicyclic) bond motifs is 3. The number of nitrogens with zero attached hydrogens (tertiary/aromatic N) is 1. The average molecular weight is 321 g/mol. The van der Waals surface area contributed by atoms with E-state index in [1.54, 1.807) is 7.11 Å². The lowest BCUT2D eigenvalue weighted by atomic mass is 10.1. The number of carbonyl (C=O) groups excluding carboxylic acids is 1. The molecule has 0 aliphatic carbocycles. The molecule has 0 saturated heterocycles. The summed E-state index contributed by atoms with van der Waals surface area (Å²) in [4.78, 5) is 12.6. The lowest BCUT2D eigenvalue weighted by molar-refractivity contribution is 0.111. The Hall–Kier alpha value is -2.46. The van der Waals surface area contributed by atoms with Crippen LogP contribution in [-0.2, 0) is 0 Å². The van der Waals surface area contributed by atoms with E-state index in [1.165, 1.54) is 10.5 Å². The van der Waals surface area contributed by atoms with Crippen LogP contribution in [0.15, 0.2) is 65.6 Å². The molecule has 114 valence electrons. The van der Waals surface area contributed by atoms with Crippen molar-refractivity contribution >= 4 is 18.0 Å². The van der Waals surface area contributed by atoms with Crippen molar-refractivity contribution in [1.29, 1.82) is 0 Å². The van der Waals surface area contributed by atoms with Crippen molar-refractivity contribution in [3.8, 4) is 11.4 Å². The third-order valence-electron chi connectivity index (χ3n) is 4.10. The Morgan fingerprint density at radius 3 is 2.57 bits per heavy atom. The van der Waals surface area contributed by atoms with Crippen molar-refractivity contribution in [3.63, 3.8) is 0 Å². The zero-order valence-electron chi connectivity index (χ0n) is 12.6. The van der Waals surface area contributed by atoms with Crippen LogP contribution in [-0.4, -0.2) is 18.0 Å². The van der Waals surface area contributed by atoms with Crippen LogP contribution in [0.2, 0.25) is 0 Å². The van der Waals surface area contributed by atoms with Crippen LogP contribution in [0.25, 0.3) is 5.69 Å². The topological polar surface area (TPSA) is 31.2 Å². The summed E-state index contributed by atoms with van der Waals surface area (Å²) in [6, 6.07) is 20.3. The Morgan fingerprint density at radius 2 is 1.83 bits per heavy atom. The van der Waals surface area contributed by atoms with Gasteiger partial charge in [0, 0.05) is 10.6 Å². The number of ether oxygens (including phenoxy) is 1. The third kappa shape index (κ3) is 2.26. The molecule has 0 bridgehead atoms. The summed E-state index contributed by atoms with van der Waals surface area (Å²) in [6.45, 7) is 0. The average Bonchev–Trinajstić information content (AvgIpc) is 3.05. The molecule has 0 saturated carbocycles. The maximum Gasteiger partial charge on any atom is 0.166 e. The second kappa shape index (κ2) is 5.63. The number of thioether (sulfide) groups is 1. The molecule has 1 aliphatic heterocycles. The van der Waals surface area contributed by atoms with Gasteiger partial charge in [0.2, 0.25) is 0 Å². The molecular formula is C19H15NO2S. The minimum absolute atomic E-state index is 0.157. The van der Waals surface area contributed by atoms with Gasteiger partial charge in [0.15, 0.2) is 6.29 Å². The van der Waals surface area contributed by atoms with Crippen LogP contribution in [0.3, 0.4) is 0 Å². The van der Waals surface area contributed by atoms with Gasteiger partial charge in [-0.2, -0.15) is 0 Å². The molecule has 4 heteroatoms. The number of rotatable bonds is 3. The molecule has 4 rings (SSSR count). The maximum absolute atomic E-state index is 11.4. The number of hydrogen-bond donors (Lipinski definition) is 0. The first-order chi connectivity index (χ1) is 11.3. The van der Waals surface area contributed by atoms with Crippen LogP contribution in [0, 0.1) is 0 Å². The normalized spacial score (nSPS) is 15.6. The SMILES string of the molecule is COc1ccc(C2Sc3ccccc3-n3c(C=O)ccc32)cc1. The van der Waals surface area contributed by atoms with Gasteiger partial charge in [-0.1, -0.05) is 24.3 Å². The molecule has 3 aromatic rings. The van der Waals surface area contributed by atoms with Crippen molar-refractivity contribution < 1.29 is 9.53 Å². The third-order valence-corrected chi connectivity index (χ3v) is 5.45. The van der Waals surface area contributed by atoms with Gasteiger partial charge in [-0.05, 0) is 42.0 Å². The number of carbonyl (C=O) groups is 1. The number of hydrogen-bond acceptors (Lipinski definition) is 3. The summed E-state index contributed by atoms with van der Waals surface area (Å²) < 4.78 is 7.31. The van der Waals surface area contributed by atoms with Gasteiger partial charge >= 0.3 is 0 Å². The quantitative estimate of drug-likeness (QED) is 0.666. The van der Waals surface area contributed by atoms with E-state index in [0.717, 1.165) is 23.4 Å². The summed E-state index contributed by atoms with van der Waals surface area (Å²) in [5, 5.41) is 0.157. The summed E-state index contributed by atoms with van der Waals surface area (Å²) >= 11 is 1.81. The van der Waals surface area contributed by atoms with E-state index in [-0.39, 0.29) is 5.25 Å². The summed E-state index contributed by atoms with van der Waals surface area (Å²) in [5.41, 5.74) is 4.08. The van der Waals surface area contributed by atoms with E-state index < -0.39 is 0 Å². The molecule has 2 aromatic carbocycles. The Kier molecular flexibility index (Phi) is 3.46. The predicted molar refractivity (Wildman–Crippen MR) is 91.9 cm³/mol. The molecule has 1 aromatic heterocycles. The first kappa shape index (κ1) is 14.2. The van der Waals surface area contributed by atoms with Crippen LogP contribution in [0.1, 0.15) is 27.0 Å². The Bertz CT molecular complexity index is 867. The second-order valence-corrected chi connectivity index (χ2v) is 6.52. The Balaban J connectivity index is 1.87. The van der Waals surface area contributed by atoms with E-state index in [2.05, 4.69) is 28.8 Å². The number of para-hydroxylation sites is 1. The highest BCUT2D eigenvalue weighted by Gasteiger charge is 2.28. The first-order valence-corrected chi connectivity index (χ1v) is 8.26. The van der Waals surface area contributed by atoms with E-state index in [4.69, 9.17) is 4.74 Å². The molecule has 1 atom stereocenters. The highest BCUT2D eigenvalue weighted by atomic mass is 32.2. The van der Waals surface area contributed by atoms with Crippen molar-refractivity contribution in [3.05, 3.63) is 77.6 Å². The molecule has 0 spiro atoms. The molecule has 23 heavy (non-hydrogen) atoms. The fourth-order valence-corrected chi connectivity index (χ4v) is 4.28. The molecule has 0 fully saturated rings. The molecule has 3 nitrogen and oxygen atoms in total. The fourth-order valence-electron chi connectivity index (χ4n) is 2.99. The van der Waals surface area contributed by atoms with Crippen molar-refractivity contribution in [2.24, 2.45) is 0 Å². The number of benzene rings is 2. The van der Waals surface area contributed by atoms with Crippen molar-refractivity contribution in [2.75, 3.05) is 7.11 Å². The van der Waals surface area contributed by atoms with Gasteiger partial charge in [-0.3, -0.25) is 4.79 Å². The Labute approximate surface area is 138 Å². The lowest BCUT2D eigenvalue weighted by Crippen LogP contribution is -2.13. The van der Waals surface area contributed by atoms with E-state index >= 15 is 0 Å². The number of aldehydes is 1. The van der Waals surface area contributed by atoms with Gasteiger partial charge in [-0.15, -0.1) is 11.8 Å². The van der Waals surface area contributed by atoms with E-state index in [0.29, 0.717) is 5.69 Å². The standard InChI is InChI=1S/C19H15NO2S/c1-22-15-9-6-13(7-10-15)19-17-11-8-14(12-21)20(17)16-4-2-3-5-18(16)23-19/h2-12,19H,1H3. The number of methoxy groups -OCH3 is 1. The van der Waals surface area contributed by atoms with Gasteiger partial charge in [0.05, 0.1) is 23.7 Å². The zero-order chi connectivity index (χ0) is 15.8. The molecule has 0 radical (unpaired) electrons. The fraction of sp³-hybridized carbons (Fsp3) is 0.105. The minimum Gasteiger partial charge on any atom is -0.497 e. The summed E-state index contributed by atoms with van der Waals surface area (Å²) in [7, 11) is 1.67. The van der Waals surface area contributed by atoms with E-state index in [9.17, 15) is 4.79 Å². The number of aromatic nitrogens is 1. The maximum atomic E-state index is 11.4. The molecular weight excluding hydrogens is 306 g/mol. The van der Waals surface area contributed by atoms with Gasteiger partial charge in [-0.25, -0.2) is 0 Å². The van der Waals surface area contributed by atoms with E-state index in [1.807, 2.05) is 48.2 Å². The van der Waals surface area contributed by atoms with Gasteiger partial charge in [0.25, 0.3) is 0 Å². The summed E-state index contributed by atoms with van der Waals surface area (Å²) in [6.07, 6.45) is 0.918. The zero-order valence-corrected chi connectivity index (χ0v) is 13.4. The lowest BCUT2D eigenvalue weighted by Gasteiger charge is -2.27. The largest absolute Gasteiger partial charge is 0.497 e. The molecule has 0 N–H and O–H groups in total. The highest BCUT2D eigenvalue weighted by Crippen LogP contribution is 2.48. The first-order valence-electron chi connectivity index (χ1n) is 7.38. The predicted octanol–water partition coefficient (Wildman–Crippen LogP) is 4.49. The highest BCUT2D eigenvalue weighted by molar-refractivity contribution is 8.00. The second-order valence-electron chi connectivity index (χ2n) is 5.38. The molecule has 1 unspecified atom stereocenters. The summed E-state index contributed by atoms with van der Waals surface area (Å²) in [5.74, 6) is 0.846. The molecule has 2 heterocycles. The van der Waals surface area contributed by atoms with Crippen LogP contribution < -0.4 is 4.74 Å². The van der Waals surface area contributed by atoms with Gasteiger partial charge < -0.3 is 9.30 Å². The smallest absolute Gasteiger partial charge is 0.166 e. The molecule has 0 amide bonds. The Morgan fingerprint density at radius 1 is 1.04 bits per heavy atom. The van der Waals surface area contributed by atoms with Crippen LogP contribution in [0.4, 0.5) is 0 Å². The molecule has 1 aliphatic rings. The monoisotopic (exact) mass is 321 g/mol. The van der Waals surface area contributed by atoms with Crippen molar-refractivity contribution in [1.82, 2.24) is 4.57 Å². The van der Waals surface area contributed by atoms with Crippen LogP contribution >= 0.6 is 11.8 Å². The van der Waals surface area contributed by atoms with Crippen LogP contribution in [0.5, 0.6) is 5.75 Å². The van der Waals surface area contributed by atoms with Crippen molar-refractivity contribution in [2.45, 2.75) is 10.1 Å².